The van der Waals surface area contributed by atoms with Crippen LogP contribution in [0.4, 0.5) is 0 Å². The molecule has 1 aromatic heterocycles. The van der Waals surface area contributed by atoms with Crippen molar-refractivity contribution in [2.75, 3.05) is 0 Å². The summed E-state index contributed by atoms with van der Waals surface area (Å²) in [7, 11) is 0. The molecule has 0 radical (unpaired) electrons. The summed E-state index contributed by atoms with van der Waals surface area (Å²) in [5.74, 6) is -0.444. The highest BCUT2D eigenvalue weighted by atomic mass is 35.5. The summed E-state index contributed by atoms with van der Waals surface area (Å²) in [6, 6.07) is 4.36. The minimum Gasteiger partial charge on any atom is -0.507 e. The van der Waals surface area contributed by atoms with Crippen LogP contribution in [0.3, 0.4) is 0 Å². The summed E-state index contributed by atoms with van der Waals surface area (Å²) in [5, 5.41) is 12.7. The van der Waals surface area contributed by atoms with Gasteiger partial charge in [-0.25, -0.2) is 4.98 Å². The van der Waals surface area contributed by atoms with Crippen LogP contribution in [-0.2, 0) is 6.54 Å². The number of phenolic OH excluding ortho intramolecular Hbond substituents is 1. The molecule has 0 spiro atoms. The van der Waals surface area contributed by atoms with Gasteiger partial charge in [0.15, 0.2) is 0 Å². The Hall–Kier alpha value is -1.59. The molecule has 1 amide bonds. The first-order valence-corrected chi connectivity index (χ1v) is 6.49. The fourth-order valence-corrected chi connectivity index (χ4v) is 2.33. The van der Waals surface area contributed by atoms with Gasteiger partial charge in [-0.2, -0.15) is 0 Å². The smallest absolute Gasteiger partial charge is 0.255 e. The lowest BCUT2D eigenvalue weighted by molar-refractivity contribution is 0.0948. The van der Waals surface area contributed by atoms with Crippen molar-refractivity contribution in [1.29, 1.82) is 0 Å². The molecule has 94 valence electrons. The summed E-state index contributed by atoms with van der Waals surface area (Å²) < 4.78 is 0. The van der Waals surface area contributed by atoms with Gasteiger partial charge in [0.2, 0.25) is 0 Å². The quantitative estimate of drug-likeness (QED) is 0.910. The van der Waals surface area contributed by atoms with Gasteiger partial charge in [0.1, 0.15) is 5.75 Å². The first-order chi connectivity index (χ1) is 8.58. The van der Waals surface area contributed by atoms with Crippen molar-refractivity contribution in [1.82, 2.24) is 10.3 Å². The van der Waals surface area contributed by atoms with E-state index in [9.17, 15) is 9.90 Å². The van der Waals surface area contributed by atoms with Crippen LogP contribution in [0.1, 0.15) is 20.9 Å². The summed E-state index contributed by atoms with van der Waals surface area (Å²) >= 11 is 7.27. The third-order valence-electron chi connectivity index (χ3n) is 2.46. The molecule has 1 heterocycles. The largest absolute Gasteiger partial charge is 0.507 e. The number of carbonyl (C=O) groups is 1. The van der Waals surface area contributed by atoms with Crippen molar-refractivity contribution in [3.8, 4) is 5.75 Å². The molecule has 0 atom stereocenters. The molecule has 1 aromatic carbocycles. The minimum absolute atomic E-state index is 0.0853. The van der Waals surface area contributed by atoms with E-state index in [0.29, 0.717) is 11.6 Å². The monoisotopic (exact) mass is 282 g/mol. The molecule has 0 bridgehead atoms. The van der Waals surface area contributed by atoms with Gasteiger partial charge >= 0.3 is 0 Å². The second-order valence-corrected chi connectivity index (χ2v) is 5.08. The second-order valence-electron chi connectivity index (χ2n) is 3.71. The molecular weight excluding hydrogens is 272 g/mol. The van der Waals surface area contributed by atoms with E-state index in [1.54, 1.807) is 5.51 Å². The number of nitrogens with zero attached hydrogens (tertiary/aromatic N) is 1. The van der Waals surface area contributed by atoms with Crippen molar-refractivity contribution in [3.63, 3.8) is 0 Å². The van der Waals surface area contributed by atoms with Crippen molar-refractivity contribution in [3.05, 3.63) is 44.9 Å². The summed E-state index contributed by atoms with van der Waals surface area (Å²) in [6.07, 6.45) is 0. The number of rotatable bonds is 3. The molecular formula is C12H11ClN2O2S. The van der Waals surface area contributed by atoms with Gasteiger partial charge in [-0.3, -0.25) is 4.79 Å². The predicted molar refractivity (Wildman–Crippen MR) is 71.1 cm³/mol. The van der Waals surface area contributed by atoms with E-state index in [1.165, 1.54) is 29.5 Å². The highest BCUT2D eigenvalue weighted by Crippen LogP contribution is 2.21. The van der Waals surface area contributed by atoms with Crippen molar-refractivity contribution >= 4 is 28.8 Å². The number of benzene rings is 1. The third kappa shape index (κ3) is 2.80. The van der Waals surface area contributed by atoms with E-state index in [0.717, 1.165) is 10.6 Å². The lowest BCUT2D eigenvalue weighted by Crippen LogP contribution is -2.22. The van der Waals surface area contributed by atoms with Gasteiger partial charge in [-0.15, -0.1) is 11.3 Å². The standard InChI is InChI=1S/C12H11ClN2O2S/c1-7-11(18-6-15-7)5-14-12(17)9-4-8(13)2-3-10(9)16/h2-4,6,16H,5H2,1H3,(H,14,17). The Labute approximate surface area is 113 Å². The van der Waals surface area contributed by atoms with Crippen LogP contribution < -0.4 is 5.32 Å². The van der Waals surface area contributed by atoms with Gasteiger partial charge in [-0.05, 0) is 25.1 Å². The molecule has 2 N–H and O–H groups in total. The number of nitrogens with one attached hydrogen (secondary N) is 1. The molecule has 2 rings (SSSR count). The number of hydrogen-bond donors (Lipinski definition) is 2. The van der Waals surface area contributed by atoms with E-state index >= 15 is 0 Å². The summed E-state index contributed by atoms with van der Waals surface area (Å²) in [4.78, 5) is 17.0. The fourth-order valence-electron chi connectivity index (χ4n) is 1.44. The second kappa shape index (κ2) is 5.37. The number of amides is 1. The van der Waals surface area contributed by atoms with Crippen LogP contribution in [0.15, 0.2) is 23.7 Å². The zero-order chi connectivity index (χ0) is 13.1. The molecule has 18 heavy (non-hydrogen) atoms. The zero-order valence-electron chi connectivity index (χ0n) is 9.61. The molecule has 0 fully saturated rings. The first kappa shape index (κ1) is 12.9. The number of thiazole rings is 1. The van der Waals surface area contributed by atoms with Crippen molar-refractivity contribution in [2.24, 2.45) is 0 Å². The van der Waals surface area contributed by atoms with Crippen LogP contribution in [0, 0.1) is 6.92 Å². The topological polar surface area (TPSA) is 62.2 Å². The minimum atomic E-state index is -0.359. The Bertz CT molecular complexity index is 583. The van der Waals surface area contributed by atoms with Crippen molar-refractivity contribution < 1.29 is 9.90 Å². The maximum atomic E-state index is 11.9. The van der Waals surface area contributed by atoms with E-state index in [2.05, 4.69) is 10.3 Å². The number of phenols is 1. The van der Waals surface area contributed by atoms with E-state index < -0.39 is 0 Å². The van der Waals surface area contributed by atoms with Gasteiger partial charge < -0.3 is 10.4 Å². The molecule has 0 aliphatic rings. The first-order valence-electron chi connectivity index (χ1n) is 5.23. The van der Waals surface area contributed by atoms with Crippen LogP contribution in [0.25, 0.3) is 0 Å². The van der Waals surface area contributed by atoms with Crippen LogP contribution >= 0.6 is 22.9 Å². The molecule has 0 aliphatic carbocycles. The number of aromatic hydroxyl groups is 1. The van der Waals surface area contributed by atoms with Crippen LogP contribution in [-0.4, -0.2) is 16.0 Å². The van der Waals surface area contributed by atoms with Crippen LogP contribution in [0.5, 0.6) is 5.75 Å². The molecule has 0 saturated carbocycles. The Balaban J connectivity index is 2.08. The summed E-state index contributed by atoms with van der Waals surface area (Å²) in [6.45, 7) is 2.27. The maximum Gasteiger partial charge on any atom is 0.255 e. The molecule has 0 saturated heterocycles. The SMILES string of the molecule is Cc1ncsc1CNC(=O)c1cc(Cl)ccc1O. The highest BCUT2D eigenvalue weighted by Gasteiger charge is 2.12. The number of aryl methyl sites for hydroxylation is 1. The number of hydrogen-bond acceptors (Lipinski definition) is 4. The molecule has 2 aromatic rings. The fraction of sp³-hybridized carbons (Fsp3) is 0.167. The molecule has 4 nitrogen and oxygen atoms in total. The molecule has 0 aliphatic heterocycles. The third-order valence-corrected chi connectivity index (χ3v) is 3.63. The van der Waals surface area contributed by atoms with Crippen molar-refractivity contribution in [2.45, 2.75) is 13.5 Å². The number of carbonyl (C=O) groups excluding carboxylic acids is 1. The van der Waals surface area contributed by atoms with Gasteiger partial charge in [0.05, 0.1) is 23.3 Å². The van der Waals surface area contributed by atoms with E-state index in [1.807, 2.05) is 6.92 Å². The average Bonchev–Trinajstić information content (AvgIpc) is 2.75. The summed E-state index contributed by atoms with van der Waals surface area (Å²) in [5.41, 5.74) is 2.80. The molecule has 0 unspecified atom stereocenters. The Morgan fingerprint density at radius 2 is 2.33 bits per heavy atom. The Morgan fingerprint density at radius 1 is 1.56 bits per heavy atom. The van der Waals surface area contributed by atoms with E-state index in [-0.39, 0.29) is 17.2 Å². The Kier molecular flexibility index (Phi) is 3.84. The number of aromatic nitrogens is 1. The van der Waals surface area contributed by atoms with Crippen LogP contribution in [0.2, 0.25) is 5.02 Å². The maximum absolute atomic E-state index is 11.9. The van der Waals surface area contributed by atoms with Gasteiger partial charge in [0, 0.05) is 9.90 Å². The van der Waals surface area contributed by atoms with Gasteiger partial charge in [-0.1, -0.05) is 11.6 Å². The van der Waals surface area contributed by atoms with E-state index in [4.69, 9.17) is 11.6 Å². The average molecular weight is 283 g/mol. The van der Waals surface area contributed by atoms with Gasteiger partial charge in [0.25, 0.3) is 5.91 Å². The normalized spacial score (nSPS) is 10.3. The Morgan fingerprint density at radius 3 is 3.00 bits per heavy atom. The number of halogens is 1. The molecule has 6 heteroatoms. The zero-order valence-corrected chi connectivity index (χ0v) is 11.2. The lowest BCUT2D eigenvalue weighted by Gasteiger charge is -2.06. The highest BCUT2D eigenvalue weighted by molar-refractivity contribution is 7.09. The predicted octanol–water partition coefficient (Wildman–Crippen LogP) is 2.74. The lowest BCUT2D eigenvalue weighted by atomic mass is 10.2.